The Bertz CT molecular complexity index is 434. The van der Waals surface area contributed by atoms with E-state index in [1.807, 2.05) is 0 Å². The third-order valence-corrected chi connectivity index (χ3v) is 3.76. The third kappa shape index (κ3) is 3.33. The molecule has 3 nitrogen and oxygen atoms in total. The van der Waals surface area contributed by atoms with Crippen LogP contribution in [0.15, 0.2) is 22.7 Å². The van der Waals surface area contributed by atoms with Gasteiger partial charge in [-0.15, -0.1) is 0 Å². The Morgan fingerprint density at radius 2 is 2.33 bits per heavy atom. The first-order chi connectivity index (χ1) is 8.70. The van der Waals surface area contributed by atoms with E-state index in [-0.39, 0.29) is 5.91 Å². The molecular weight excluding hydrogens is 292 g/mol. The minimum Gasteiger partial charge on any atom is -0.355 e. The molecule has 0 bridgehead atoms. The van der Waals surface area contributed by atoms with Crippen molar-refractivity contribution in [3.8, 4) is 0 Å². The van der Waals surface area contributed by atoms with Gasteiger partial charge in [-0.2, -0.15) is 0 Å². The van der Waals surface area contributed by atoms with Crippen LogP contribution in [-0.2, 0) is 11.2 Å². The maximum atomic E-state index is 11.5. The molecule has 4 heteroatoms. The van der Waals surface area contributed by atoms with Crippen molar-refractivity contribution in [3.05, 3.63) is 33.8 Å². The zero-order valence-corrected chi connectivity index (χ0v) is 12.2. The first-order valence-corrected chi connectivity index (χ1v) is 7.28. The lowest BCUT2D eigenvalue weighted by molar-refractivity contribution is -0.120. The number of halogens is 1. The fourth-order valence-electron chi connectivity index (χ4n) is 2.34. The van der Waals surface area contributed by atoms with Crippen molar-refractivity contribution in [1.82, 2.24) is 10.6 Å². The average Bonchev–Trinajstić information content (AvgIpc) is 2.76. The molecule has 1 amide bonds. The van der Waals surface area contributed by atoms with Gasteiger partial charge in [-0.3, -0.25) is 4.79 Å². The number of hydrogen-bond acceptors (Lipinski definition) is 2. The number of hydrogen-bond donors (Lipinski definition) is 2. The fourth-order valence-corrected chi connectivity index (χ4v) is 2.75. The average molecular weight is 311 g/mol. The number of fused-ring (bicyclic) bond motifs is 1. The molecule has 1 atom stereocenters. The second kappa shape index (κ2) is 6.34. The molecule has 1 aliphatic rings. The summed E-state index contributed by atoms with van der Waals surface area (Å²) in [6.45, 7) is 3.22. The molecule has 0 aromatic heterocycles. The maximum Gasteiger partial charge on any atom is 0.233 e. The summed E-state index contributed by atoms with van der Waals surface area (Å²) in [7, 11) is 0. The maximum absolute atomic E-state index is 11.5. The van der Waals surface area contributed by atoms with Crippen LogP contribution in [0.2, 0.25) is 0 Å². The van der Waals surface area contributed by atoms with Gasteiger partial charge in [0.15, 0.2) is 0 Å². The highest BCUT2D eigenvalue weighted by Crippen LogP contribution is 2.32. The molecule has 0 aliphatic heterocycles. The molecule has 0 radical (unpaired) electrons. The highest BCUT2D eigenvalue weighted by atomic mass is 79.9. The van der Waals surface area contributed by atoms with E-state index in [0.29, 0.717) is 12.6 Å². The van der Waals surface area contributed by atoms with E-state index in [9.17, 15) is 4.79 Å². The van der Waals surface area contributed by atoms with E-state index in [1.54, 1.807) is 0 Å². The minimum atomic E-state index is 0.0856. The Kier molecular flexibility index (Phi) is 4.78. The highest BCUT2D eigenvalue weighted by molar-refractivity contribution is 9.10. The monoisotopic (exact) mass is 310 g/mol. The van der Waals surface area contributed by atoms with E-state index in [4.69, 9.17) is 0 Å². The Hall–Kier alpha value is -0.870. The number of nitrogens with one attached hydrogen (secondary N) is 2. The van der Waals surface area contributed by atoms with Gasteiger partial charge in [0.25, 0.3) is 0 Å². The molecular formula is C14H19BrN2O. The number of rotatable bonds is 5. The van der Waals surface area contributed by atoms with Gasteiger partial charge in [0.05, 0.1) is 6.54 Å². The molecule has 0 saturated carbocycles. The first kappa shape index (κ1) is 13.6. The van der Waals surface area contributed by atoms with Crippen LogP contribution >= 0.6 is 15.9 Å². The smallest absolute Gasteiger partial charge is 0.233 e. The van der Waals surface area contributed by atoms with Gasteiger partial charge >= 0.3 is 0 Å². The summed E-state index contributed by atoms with van der Waals surface area (Å²) in [6, 6.07) is 6.71. The van der Waals surface area contributed by atoms with E-state index in [2.05, 4.69) is 51.7 Å². The third-order valence-electron chi connectivity index (χ3n) is 3.26. The van der Waals surface area contributed by atoms with Gasteiger partial charge in [0.1, 0.15) is 0 Å². The Labute approximate surface area is 116 Å². The molecule has 1 aromatic carbocycles. The number of benzene rings is 1. The van der Waals surface area contributed by atoms with Crippen LogP contribution in [0.4, 0.5) is 0 Å². The molecule has 98 valence electrons. The summed E-state index contributed by atoms with van der Waals surface area (Å²) in [5.74, 6) is 0.0856. The Balaban J connectivity index is 1.88. The largest absolute Gasteiger partial charge is 0.355 e. The fraction of sp³-hybridized carbons (Fsp3) is 0.500. The minimum absolute atomic E-state index is 0.0856. The van der Waals surface area contributed by atoms with Crippen LogP contribution in [0.25, 0.3) is 0 Å². The van der Waals surface area contributed by atoms with Crippen LogP contribution in [0.3, 0.4) is 0 Å². The van der Waals surface area contributed by atoms with Gasteiger partial charge in [0.2, 0.25) is 5.91 Å². The molecule has 18 heavy (non-hydrogen) atoms. The second-order valence-electron chi connectivity index (χ2n) is 4.67. The lowest BCUT2D eigenvalue weighted by Gasteiger charge is -2.14. The summed E-state index contributed by atoms with van der Waals surface area (Å²) in [6.07, 6.45) is 3.14. The van der Waals surface area contributed by atoms with Crippen molar-refractivity contribution in [1.29, 1.82) is 0 Å². The quantitative estimate of drug-likeness (QED) is 0.877. The van der Waals surface area contributed by atoms with Gasteiger partial charge in [-0.25, -0.2) is 0 Å². The second-order valence-corrected chi connectivity index (χ2v) is 5.58. The standard InChI is InChI=1S/C14H19BrN2O/c1-2-7-16-14(18)9-17-13-6-3-10-8-11(15)4-5-12(10)13/h4-5,8,13,17H,2-3,6-7,9H2,1H3,(H,16,18). The molecule has 2 N–H and O–H groups in total. The summed E-state index contributed by atoms with van der Waals surface area (Å²) in [5, 5.41) is 6.22. The van der Waals surface area contributed by atoms with Crippen LogP contribution in [0, 0.1) is 0 Å². The number of amides is 1. The molecule has 1 aromatic rings. The van der Waals surface area contributed by atoms with Crippen molar-refractivity contribution in [2.45, 2.75) is 32.2 Å². The Morgan fingerprint density at radius 3 is 3.11 bits per heavy atom. The lowest BCUT2D eigenvalue weighted by Crippen LogP contribution is -2.35. The molecule has 0 saturated heterocycles. The Morgan fingerprint density at radius 1 is 1.50 bits per heavy atom. The van der Waals surface area contributed by atoms with Gasteiger partial charge < -0.3 is 10.6 Å². The van der Waals surface area contributed by atoms with Gasteiger partial charge in [0, 0.05) is 17.1 Å². The van der Waals surface area contributed by atoms with Crippen molar-refractivity contribution in [3.63, 3.8) is 0 Å². The van der Waals surface area contributed by atoms with Crippen molar-refractivity contribution < 1.29 is 4.79 Å². The first-order valence-electron chi connectivity index (χ1n) is 6.49. The van der Waals surface area contributed by atoms with Gasteiger partial charge in [-0.05, 0) is 42.5 Å². The van der Waals surface area contributed by atoms with E-state index >= 15 is 0 Å². The van der Waals surface area contributed by atoms with Crippen molar-refractivity contribution >= 4 is 21.8 Å². The van der Waals surface area contributed by atoms with Crippen LogP contribution in [-0.4, -0.2) is 19.0 Å². The van der Waals surface area contributed by atoms with E-state index in [0.717, 1.165) is 30.3 Å². The molecule has 2 rings (SSSR count). The summed E-state index contributed by atoms with van der Waals surface area (Å²) in [5.41, 5.74) is 2.72. The predicted molar refractivity (Wildman–Crippen MR) is 76.5 cm³/mol. The predicted octanol–water partition coefficient (Wildman–Crippen LogP) is 2.55. The molecule has 0 spiro atoms. The van der Waals surface area contributed by atoms with E-state index < -0.39 is 0 Å². The lowest BCUT2D eigenvalue weighted by atomic mass is 10.1. The zero-order chi connectivity index (χ0) is 13.0. The number of aryl methyl sites for hydroxylation is 1. The summed E-state index contributed by atoms with van der Waals surface area (Å²) >= 11 is 3.49. The summed E-state index contributed by atoms with van der Waals surface area (Å²) < 4.78 is 1.13. The highest BCUT2D eigenvalue weighted by Gasteiger charge is 2.22. The molecule has 0 heterocycles. The zero-order valence-electron chi connectivity index (χ0n) is 10.6. The number of carbonyl (C=O) groups is 1. The van der Waals surface area contributed by atoms with Crippen molar-refractivity contribution in [2.75, 3.05) is 13.1 Å². The molecule has 1 unspecified atom stereocenters. The van der Waals surface area contributed by atoms with Crippen LogP contribution in [0.5, 0.6) is 0 Å². The van der Waals surface area contributed by atoms with E-state index in [1.165, 1.54) is 11.1 Å². The van der Waals surface area contributed by atoms with Crippen LogP contribution in [0.1, 0.15) is 36.9 Å². The van der Waals surface area contributed by atoms with Crippen molar-refractivity contribution in [2.24, 2.45) is 0 Å². The molecule has 0 fully saturated rings. The van der Waals surface area contributed by atoms with Crippen LogP contribution < -0.4 is 10.6 Å². The normalized spacial score (nSPS) is 17.6. The SMILES string of the molecule is CCCNC(=O)CNC1CCc2cc(Br)ccc21. The topological polar surface area (TPSA) is 41.1 Å². The summed E-state index contributed by atoms with van der Waals surface area (Å²) in [4.78, 5) is 11.5. The number of carbonyl (C=O) groups excluding carboxylic acids is 1. The van der Waals surface area contributed by atoms with Gasteiger partial charge in [-0.1, -0.05) is 28.9 Å². The molecule has 1 aliphatic carbocycles.